The zero-order chi connectivity index (χ0) is 14.4. The monoisotopic (exact) mass is 273 g/mol. The highest BCUT2D eigenvalue weighted by atomic mass is 15.2. The van der Waals surface area contributed by atoms with Crippen molar-refractivity contribution in [3.05, 3.63) is 16.8 Å². The summed E-state index contributed by atoms with van der Waals surface area (Å²) in [6.07, 6.45) is 5.29. The highest BCUT2D eigenvalue weighted by Crippen LogP contribution is 2.20. The van der Waals surface area contributed by atoms with Gasteiger partial charge in [-0.2, -0.15) is 10.4 Å². The lowest BCUT2D eigenvalue weighted by Gasteiger charge is -2.12. The molecule has 108 valence electrons. The van der Waals surface area contributed by atoms with E-state index in [-0.39, 0.29) is 0 Å². The van der Waals surface area contributed by atoms with Crippen LogP contribution in [0.25, 0.3) is 0 Å². The molecule has 2 N–H and O–H groups in total. The highest BCUT2D eigenvalue weighted by molar-refractivity contribution is 5.56. The number of nitriles is 1. The molecule has 20 heavy (non-hydrogen) atoms. The van der Waals surface area contributed by atoms with Gasteiger partial charge in [-0.1, -0.05) is 13.8 Å². The smallest absolute Gasteiger partial charge is 0.166 e. The van der Waals surface area contributed by atoms with E-state index in [1.54, 1.807) is 0 Å². The number of nitrogens with one attached hydrogen (secondary N) is 2. The Bertz CT molecular complexity index is 488. The number of nitrogens with zero attached hydrogens (tertiary/aromatic N) is 3. The molecule has 0 unspecified atom stereocenters. The minimum absolute atomic E-state index is 0.632. The summed E-state index contributed by atoms with van der Waals surface area (Å²) in [5.74, 6) is 0.632. The molecule has 0 aliphatic heterocycles. The van der Waals surface area contributed by atoms with Crippen molar-refractivity contribution in [2.45, 2.75) is 52.0 Å². The van der Waals surface area contributed by atoms with E-state index < -0.39 is 0 Å². The Morgan fingerprint density at radius 2 is 2.00 bits per heavy atom. The lowest BCUT2D eigenvalue weighted by molar-refractivity contribution is 0.658. The topological polar surface area (TPSA) is 73.6 Å². The van der Waals surface area contributed by atoms with Gasteiger partial charge < -0.3 is 10.6 Å². The number of aryl methyl sites for hydroxylation is 1. The van der Waals surface area contributed by atoms with E-state index in [4.69, 9.17) is 0 Å². The molecule has 5 heteroatoms. The lowest BCUT2D eigenvalue weighted by Crippen LogP contribution is -2.20. The molecule has 0 spiro atoms. The lowest BCUT2D eigenvalue weighted by atomic mass is 10.0. The average molecular weight is 273 g/mol. The summed E-state index contributed by atoms with van der Waals surface area (Å²) in [6.45, 7) is 5.93. The van der Waals surface area contributed by atoms with Crippen molar-refractivity contribution in [3.8, 4) is 6.07 Å². The SMILES string of the molecule is CCc1nnc(NCCCNC2CC2)c(C#N)c1CC. The number of hydrogen-bond acceptors (Lipinski definition) is 5. The van der Waals surface area contributed by atoms with Gasteiger partial charge in [-0.05, 0) is 44.2 Å². The molecule has 0 atom stereocenters. The molecule has 1 aliphatic rings. The molecular formula is C15H23N5. The van der Waals surface area contributed by atoms with Gasteiger partial charge in [-0.3, -0.25) is 0 Å². The standard InChI is InChI=1S/C15H23N5/c1-3-12-13(10-16)15(20-19-14(12)4-2)18-9-5-8-17-11-6-7-11/h11,17H,3-9H2,1-2H3,(H,18,20). The van der Waals surface area contributed by atoms with Crippen LogP contribution in [0.3, 0.4) is 0 Å². The Morgan fingerprint density at radius 3 is 2.60 bits per heavy atom. The fraction of sp³-hybridized carbons (Fsp3) is 0.667. The third kappa shape index (κ3) is 3.67. The van der Waals surface area contributed by atoms with Gasteiger partial charge in [-0.25, -0.2) is 0 Å². The Kier molecular flexibility index (Phi) is 5.31. The average Bonchev–Trinajstić information content (AvgIpc) is 3.30. The van der Waals surface area contributed by atoms with Crippen LogP contribution in [0.15, 0.2) is 0 Å². The van der Waals surface area contributed by atoms with Crippen LogP contribution < -0.4 is 10.6 Å². The molecular weight excluding hydrogens is 250 g/mol. The summed E-state index contributed by atoms with van der Waals surface area (Å²) in [4.78, 5) is 0. The van der Waals surface area contributed by atoms with Crippen LogP contribution >= 0.6 is 0 Å². The second-order valence-corrected chi connectivity index (χ2v) is 5.18. The fourth-order valence-corrected chi connectivity index (χ4v) is 2.31. The second-order valence-electron chi connectivity index (χ2n) is 5.18. The molecule has 0 saturated heterocycles. The highest BCUT2D eigenvalue weighted by Gasteiger charge is 2.19. The van der Waals surface area contributed by atoms with Gasteiger partial charge in [-0.15, -0.1) is 5.10 Å². The van der Waals surface area contributed by atoms with Crippen LogP contribution in [0.2, 0.25) is 0 Å². The van der Waals surface area contributed by atoms with Crippen molar-refractivity contribution >= 4 is 5.82 Å². The Morgan fingerprint density at radius 1 is 1.20 bits per heavy atom. The Labute approximate surface area is 120 Å². The molecule has 5 nitrogen and oxygen atoms in total. The van der Waals surface area contributed by atoms with Crippen LogP contribution in [-0.4, -0.2) is 29.3 Å². The molecule has 1 aromatic heterocycles. The number of anilines is 1. The zero-order valence-electron chi connectivity index (χ0n) is 12.4. The van der Waals surface area contributed by atoms with Crippen molar-refractivity contribution in [2.75, 3.05) is 18.4 Å². The normalized spacial score (nSPS) is 14.1. The van der Waals surface area contributed by atoms with Gasteiger partial charge >= 0.3 is 0 Å². The largest absolute Gasteiger partial charge is 0.367 e. The summed E-state index contributed by atoms with van der Waals surface area (Å²) in [5, 5.41) is 24.5. The van der Waals surface area contributed by atoms with Gasteiger partial charge in [0.15, 0.2) is 5.82 Å². The molecule has 0 bridgehead atoms. The first-order chi connectivity index (χ1) is 9.80. The van der Waals surface area contributed by atoms with E-state index >= 15 is 0 Å². The van der Waals surface area contributed by atoms with E-state index in [9.17, 15) is 5.26 Å². The molecule has 1 aliphatic carbocycles. The first kappa shape index (κ1) is 14.7. The third-order valence-electron chi connectivity index (χ3n) is 3.61. The summed E-state index contributed by atoms with van der Waals surface area (Å²) in [5.41, 5.74) is 2.63. The molecule has 0 radical (unpaired) electrons. The Balaban J connectivity index is 1.94. The first-order valence-electron chi connectivity index (χ1n) is 7.55. The molecule has 1 heterocycles. The van der Waals surface area contributed by atoms with E-state index in [2.05, 4.69) is 33.8 Å². The fourth-order valence-electron chi connectivity index (χ4n) is 2.31. The van der Waals surface area contributed by atoms with Crippen molar-refractivity contribution < 1.29 is 0 Å². The predicted octanol–water partition coefficient (Wildman–Crippen LogP) is 2.03. The first-order valence-corrected chi connectivity index (χ1v) is 7.55. The van der Waals surface area contributed by atoms with Crippen molar-refractivity contribution in [1.82, 2.24) is 15.5 Å². The minimum atomic E-state index is 0.632. The molecule has 0 amide bonds. The Hall–Kier alpha value is -1.67. The maximum absolute atomic E-state index is 9.36. The van der Waals surface area contributed by atoms with Gasteiger partial charge in [0.05, 0.1) is 5.69 Å². The van der Waals surface area contributed by atoms with E-state index in [1.807, 2.05) is 6.92 Å². The molecule has 0 aromatic carbocycles. The third-order valence-corrected chi connectivity index (χ3v) is 3.61. The van der Waals surface area contributed by atoms with E-state index in [0.29, 0.717) is 11.4 Å². The summed E-state index contributed by atoms with van der Waals surface area (Å²) < 4.78 is 0. The van der Waals surface area contributed by atoms with Crippen molar-refractivity contribution in [2.24, 2.45) is 0 Å². The number of rotatable bonds is 8. The van der Waals surface area contributed by atoms with Crippen LogP contribution in [-0.2, 0) is 12.8 Å². The zero-order valence-corrected chi connectivity index (χ0v) is 12.4. The molecule has 1 fully saturated rings. The van der Waals surface area contributed by atoms with Crippen LogP contribution in [0, 0.1) is 11.3 Å². The maximum Gasteiger partial charge on any atom is 0.166 e. The summed E-state index contributed by atoms with van der Waals surface area (Å²) in [6, 6.07) is 3.03. The molecule has 1 aromatic rings. The van der Waals surface area contributed by atoms with Gasteiger partial charge in [0.2, 0.25) is 0 Å². The summed E-state index contributed by atoms with van der Waals surface area (Å²) in [7, 11) is 0. The van der Waals surface area contributed by atoms with Gasteiger partial charge in [0, 0.05) is 12.6 Å². The maximum atomic E-state index is 9.36. The van der Waals surface area contributed by atoms with E-state index in [0.717, 1.165) is 49.7 Å². The quantitative estimate of drug-likeness (QED) is 0.709. The molecule has 2 rings (SSSR count). The number of hydrogen-bond donors (Lipinski definition) is 2. The minimum Gasteiger partial charge on any atom is -0.367 e. The number of aromatic nitrogens is 2. The molecule has 1 saturated carbocycles. The van der Waals surface area contributed by atoms with Crippen LogP contribution in [0.5, 0.6) is 0 Å². The van der Waals surface area contributed by atoms with E-state index in [1.165, 1.54) is 12.8 Å². The second kappa shape index (κ2) is 7.20. The van der Waals surface area contributed by atoms with Gasteiger partial charge in [0.1, 0.15) is 11.6 Å². The van der Waals surface area contributed by atoms with Gasteiger partial charge in [0.25, 0.3) is 0 Å². The predicted molar refractivity (Wildman–Crippen MR) is 79.6 cm³/mol. The van der Waals surface area contributed by atoms with Crippen LogP contribution in [0.1, 0.15) is 49.9 Å². The van der Waals surface area contributed by atoms with Crippen molar-refractivity contribution in [1.29, 1.82) is 5.26 Å². The van der Waals surface area contributed by atoms with Crippen molar-refractivity contribution in [3.63, 3.8) is 0 Å². The van der Waals surface area contributed by atoms with Crippen LogP contribution in [0.4, 0.5) is 5.82 Å². The summed E-state index contributed by atoms with van der Waals surface area (Å²) >= 11 is 0.